The standard InChI is InChI=1S/C15H21Cl2NO2S2/c1-3-4-9-21(11-13-10-15(13,16)17)18-22(19,20)14-7-5-12(2)6-8-14/h5-8,13H,3-4,9-11H2,1-2H3/t13-,21-/m1/s1. The van der Waals surface area contributed by atoms with Gasteiger partial charge in [-0.15, -0.1) is 27.0 Å². The van der Waals surface area contributed by atoms with Crippen LogP contribution in [0.2, 0.25) is 0 Å². The van der Waals surface area contributed by atoms with E-state index >= 15 is 0 Å². The second kappa shape index (κ2) is 7.20. The van der Waals surface area contributed by atoms with Crippen LogP contribution in [0.1, 0.15) is 31.7 Å². The second-order valence-corrected chi connectivity index (χ2v) is 10.9. The van der Waals surface area contributed by atoms with Gasteiger partial charge in [-0.05, 0) is 31.9 Å². The van der Waals surface area contributed by atoms with Crippen molar-refractivity contribution in [3.63, 3.8) is 0 Å². The maximum absolute atomic E-state index is 12.5. The van der Waals surface area contributed by atoms with Crippen LogP contribution in [-0.2, 0) is 20.7 Å². The minimum atomic E-state index is -3.61. The summed E-state index contributed by atoms with van der Waals surface area (Å²) in [6.45, 7) is 4.01. The lowest BCUT2D eigenvalue weighted by Crippen LogP contribution is -2.10. The molecule has 2 atom stereocenters. The summed E-state index contributed by atoms with van der Waals surface area (Å²) in [5.41, 5.74) is 1.02. The molecule has 0 N–H and O–H groups in total. The zero-order valence-electron chi connectivity index (χ0n) is 12.8. The second-order valence-electron chi connectivity index (χ2n) is 5.71. The average molecular weight is 382 g/mol. The van der Waals surface area contributed by atoms with E-state index in [4.69, 9.17) is 23.2 Å². The van der Waals surface area contributed by atoms with Gasteiger partial charge in [0.25, 0.3) is 10.0 Å². The predicted molar refractivity (Wildman–Crippen MR) is 95.3 cm³/mol. The summed E-state index contributed by atoms with van der Waals surface area (Å²) in [5, 5.41) is 0. The first-order valence-corrected chi connectivity index (χ1v) is 11.1. The van der Waals surface area contributed by atoms with Gasteiger partial charge in [-0.1, -0.05) is 41.7 Å². The molecule has 1 aliphatic carbocycles. The van der Waals surface area contributed by atoms with Crippen LogP contribution < -0.4 is 0 Å². The Kier molecular flexibility index (Phi) is 5.97. The molecule has 0 amide bonds. The van der Waals surface area contributed by atoms with Crippen molar-refractivity contribution in [1.29, 1.82) is 0 Å². The molecule has 0 aromatic heterocycles. The Morgan fingerprint density at radius 3 is 2.41 bits per heavy atom. The number of hydrogen-bond acceptors (Lipinski definition) is 2. The molecular weight excluding hydrogens is 361 g/mol. The van der Waals surface area contributed by atoms with Gasteiger partial charge in [-0.25, -0.2) is 0 Å². The number of nitrogens with zero attached hydrogens (tertiary/aromatic N) is 1. The molecule has 0 saturated heterocycles. The van der Waals surface area contributed by atoms with Crippen LogP contribution in [0.25, 0.3) is 0 Å². The number of unbranched alkanes of at least 4 members (excludes halogenated alkanes) is 1. The van der Waals surface area contributed by atoms with Gasteiger partial charge < -0.3 is 0 Å². The molecule has 2 rings (SSSR count). The van der Waals surface area contributed by atoms with E-state index in [-0.39, 0.29) is 10.8 Å². The van der Waals surface area contributed by atoms with Crippen molar-refractivity contribution in [2.24, 2.45) is 9.69 Å². The topological polar surface area (TPSA) is 46.5 Å². The van der Waals surface area contributed by atoms with Crippen molar-refractivity contribution in [2.45, 2.75) is 42.3 Å². The molecule has 1 aromatic carbocycles. The summed E-state index contributed by atoms with van der Waals surface area (Å²) in [7, 11) is -4.16. The first-order valence-electron chi connectivity index (χ1n) is 7.35. The number of aryl methyl sites for hydroxylation is 1. The normalized spacial score (nSPS) is 21.7. The minimum absolute atomic E-state index is 0.160. The van der Waals surface area contributed by atoms with Gasteiger partial charge >= 0.3 is 0 Å². The Balaban J connectivity index is 2.20. The highest BCUT2D eigenvalue weighted by Gasteiger charge is 2.51. The minimum Gasteiger partial charge on any atom is -0.199 e. The number of hydrogen-bond donors (Lipinski definition) is 0. The van der Waals surface area contributed by atoms with E-state index in [1.165, 1.54) is 0 Å². The first kappa shape index (κ1) is 18.2. The van der Waals surface area contributed by atoms with Crippen molar-refractivity contribution >= 4 is 43.9 Å². The highest BCUT2D eigenvalue weighted by Crippen LogP contribution is 2.53. The van der Waals surface area contributed by atoms with Gasteiger partial charge in [0.05, 0.1) is 4.90 Å². The summed E-state index contributed by atoms with van der Waals surface area (Å²) in [5.74, 6) is 1.60. The molecule has 124 valence electrons. The lowest BCUT2D eigenvalue weighted by molar-refractivity contribution is 0.598. The van der Waals surface area contributed by atoms with Gasteiger partial charge in [0.1, 0.15) is 4.33 Å². The third-order valence-electron chi connectivity index (χ3n) is 3.61. The fourth-order valence-electron chi connectivity index (χ4n) is 2.04. The third kappa shape index (κ3) is 4.95. The van der Waals surface area contributed by atoms with Crippen LogP contribution in [-0.4, -0.2) is 24.3 Å². The molecule has 1 aromatic rings. The molecule has 0 bridgehead atoms. The Morgan fingerprint density at radius 2 is 1.91 bits per heavy atom. The Bertz CT molecular complexity index is 655. The number of halogens is 2. The third-order valence-corrected chi connectivity index (χ3v) is 8.57. The molecule has 0 unspecified atom stereocenters. The Labute approximate surface area is 145 Å². The van der Waals surface area contributed by atoms with Crippen LogP contribution in [0.5, 0.6) is 0 Å². The number of sulfonamides is 1. The van der Waals surface area contributed by atoms with E-state index in [9.17, 15) is 8.42 Å². The number of rotatable bonds is 7. The molecule has 0 radical (unpaired) electrons. The first-order chi connectivity index (χ1) is 10.2. The maximum Gasteiger partial charge on any atom is 0.287 e. The summed E-state index contributed by atoms with van der Waals surface area (Å²) >= 11 is 12.1. The quantitative estimate of drug-likeness (QED) is 0.653. The molecule has 22 heavy (non-hydrogen) atoms. The lowest BCUT2D eigenvalue weighted by Gasteiger charge is -2.08. The van der Waals surface area contributed by atoms with E-state index in [2.05, 4.69) is 10.7 Å². The van der Waals surface area contributed by atoms with Gasteiger partial charge in [-0.3, -0.25) is 0 Å². The summed E-state index contributed by atoms with van der Waals surface area (Å²) < 4.78 is 28.4. The largest absolute Gasteiger partial charge is 0.287 e. The smallest absolute Gasteiger partial charge is 0.199 e. The van der Waals surface area contributed by atoms with Gasteiger partial charge in [0.15, 0.2) is 0 Å². The summed E-state index contributed by atoms with van der Waals surface area (Å²) in [6, 6.07) is 6.80. The van der Waals surface area contributed by atoms with Crippen LogP contribution in [0.3, 0.4) is 0 Å². The highest BCUT2D eigenvalue weighted by molar-refractivity contribution is 8.00. The van der Waals surface area contributed by atoms with Crippen molar-refractivity contribution in [3.8, 4) is 0 Å². The van der Waals surface area contributed by atoms with Crippen molar-refractivity contribution in [3.05, 3.63) is 29.8 Å². The van der Waals surface area contributed by atoms with Crippen LogP contribution in [0, 0.1) is 12.8 Å². The number of benzene rings is 1. The zero-order chi connectivity index (χ0) is 16.4. The average Bonchev–Trinajstić information content (AvgIpc) is 3.03. The predicted octanol–water partition coefficient (Wildman–Crippen LogP) is 4.48. The van der Waals surface area contributed by atoms with Gasteiger partial charge in [0.2, 0.25) is 0 Å². The molecule has 1 aliphatic rings. The molecule has 0 aliphatic heterocycles. The number of alkyl halides is 2. The fourth-order valence-corrected chi connectivity index (χ4v) is 6.88. The summed E-state index contributed by atoms with van der Waals surface area (Å²) in [4.78, 5) is 0.255. The molecule has 1 fully saturated rings. The SMILES string of the molecule is CCCC[S@](C[C@H]1CC1(Cl)Cl)=NS(=O)(=O)c1ccc(C)cc1. The molecule has 0 heterocycles. The Morgan fingerprint density at radius 1 is 1.32 bits per heavy atom. The van der Waals surface area contributed by atoms with E-state index < -0.39 is 25.0 Å². The van der Waals surface area contributed by atoms with E-state index in [0.29, 0.717) is 5.75 Å². The molecule has 7 heteroatoms. The van der Waals surface area contributed by atoms with Crippen molar-refractivity contribution < 1.29 is 8.42 Å². The van der Waals surface area contributed by atoms with Crippen molar-refractivity contribution in [2.75, 3.05) is 11.5 Å². The summed E-state index contributed by atoms with van der Waals surface area (Å²) in [6.07, 6.45) is 2.70. The van der Waals surface area contributed by atoms with Crippen LogP contribution >= 0.6 is 23.2 Å². The van der Waals surface area contributed by atoms with E-state index in [1.807, 2.05) is 6.92 Å². The highest BCUT2D eigenvalue weighted by atomic mass is 35.5. The molecular formula is C15H21Cl2NO2S2. The maximum atomic E-state index is 12.5. The molecule has 0 spiro atoms. The molecule has 3 nitrogen and oxygen atoms in total. The lowest BCUT2D eigenvalue weighted by atomic mass is 10.2. The van der Waals surface area contributed by atoms with E-state index in [0.717, 1.165) is 30.6 Å². The monoisotopic (exact) mass is 381 g/mol. The van der Waals surface area contributed by atoms with Gasteiger partial charge in [-0.2, -0.15) is 8.42 Å². The molecule has 1 saturated carbocycles. The fraction of sp³-hybridized carbons (Fsp3) is 0.600. The van der Waals surface area contributed by atoms with Crippen LogP contribution in [0.15, 0.2) is 32.9 Å². The van der Waals surface area contributed by atoms with Gasteiger partial charge in [0, 0.05) is 17.4 Å². The van der Waals surface area contributed by atoms with Crippen molar-refractivity contribution in [1.82, 2.24) is 0 Å². The Hall–Kier alpha value is -0.1000. The van der Waals surface area contributed by atoms with E-state index in [1.54, 1.807) is 24.3 Å². The van der Waals surface area contributed by atoms with Crippen LogP contribution in [0.4, 0.5) is 0 Å². The zero-order valence-corrected chi connectivity index (χ0v) is 15.9.